The van der Waals surface area contributed by atoms with Crippen molar-refractivity contribution in [3.63, 3.8) is 0 Å². The number of aliphatic carboxylic acids is 1. The van der Waals surface area contributed by atoms with Gasteiger partial charge in [0, 0.05) is 19.5 Å². The summed E-state index contributed by atoms with van der Waals surface area (Å²) in [5.41, 5.74) is 0. The Morgan fingerprint density at radius 1 is 1.17 bits per heavy atom. The number of nitrogens with zero attached hydrogens (tertiary/aromatic N) is 1. The van der Waals surface area contributed by atoms with E-state index >= 15 is 0 Å². The van der Waals surface area contributed by atoms with Crippen LogP contribution >= 0.6 is 0 Å². The van der Waals surface area contributed by atoms with Crippen molar-refractivity contribution in [1.29, 1.82) is 0 Å². The van der Waals surface area contributed by atoms with E-state index in [9.17, 15) is 14.4 Å². The van der Waals surface area contributed by atoms with Crippen LogP contribution in [0, 0.1) is 17.8 Å². The van der Waals surface area contributed by atoms with Gasteiger partial charge in [-0.05, 0) is 38.0 Å². The van der Waals surface area contributed by atoms with Crippen LogP contribution in [0.5, 0.6) is 0 Å². The van der Waals surface area contributed by atoms with Gasteiger partial charge < -0.3 is 15.3 Å². The Hall–Kier alpha value is -1.59. The number of likely N-dealkylation sites (tertiary alicyclic amines) is 1. The zero-order valence-corrected chi connectivity index (χ0v) is 14.8. The fourth-order valence-corrected chi connectivity index (χ4v) is 4.00. The summed E-state index contributed by atoms with van der Waals surface area (Å²) in [5.74, 6) is -0.940. The van der Waals surface area contributed by atoms with Crippen LogP contribution in [0.1, 0.15) is 58.8 Å². The van der Waals surface area contributed by atoms with Gasteiger partial charge in [0.25, 0.3) is 0 Å². The van der Waals surface area contributed by atoms with Gasteiger partial charge in [0.05, 0.1) is 5.92 Å². The molecule has 24 heavy (non-hydrogen) atoms. The van der Waals surface area contributed by atoms with E-state index in [1.165, 1.54) is 19.3 Å². The van der Waals surface area contributed by atoms with E-state index in [2.05, 4.69) is 5.32 Å². The fraction of sp³-hybridized carbons (Fsp3) is 0.833. The van der Waals surface area contributed by atoms with Gasteiger partial charge in [-0.1, -0.05) is 26.2 Å². The van der Waals surface area contributed by atoms with Crippen LogP contribution in [-0.2, 0) is 14.4 Å². The summed E-state index contributed by atoms with van der Waals surface area (Å²) in [6, 6.07) is -0.547. The first-order chi connectivity index (χ1) is 11.4. The standard InChI is InChI=1S/C18H30N2O4/c1-12-11-20(9-8-15(12)18(23)24)17(22)13(2)19-16(21)10-14-6-4-3-5-7-14/h12-15H,3-11H2,1-2H3,(H,19,21)(H,23,24). The summed E-state index contributed by atoms with van der Waals surface area (Å²) in [6.07, 6.45) is 6.86. The van der Waals surface area contributed by atoms with Crippen molar-refractivity contribution in [3.05, 3.63) is 0 Å². The number of carbonyl (C=O) groups is 3. The highest BCUT2D eigenvalue weighted by molar-refractivity contribution is 5.87. The van der Waals surface area contributed by atoms with Crippen molar-refractivity contribution in [2.75, 3.05) is 13.1 Å². The molecule has 0 bridgehead atoms. The zero-order chi connectivity index (χ0) is 17.7. The molecule has 1 saturated heterocycles. The summed E-state index contributed by atoms with van der Waals surface area (Å²) < 4.78 is 0. The van der Waals surface area contributed by atoms with E-state index in [-0.39, 0.29) is 23.7 Å². The molecular weight excluding hydrogens is 308 g/mol. The third-order valence-corrected chi connectivity index (χ3v) is 5.48. The second-order valence-corrected chi connectivity index (χ2v) is 7.49. The van der Waals surface area contributed by atoms with E-state index < -0.39 is 12.0 Å². The average molecular weight is 338 g/mol. The first-order valence-corrected chi connectivity index (χ1v) is 9.19. The SMILES string of the molecule is CC(NC(=O)CC1CCCCC1)C(=O)N1CCC(C(=O)O)C(C)C1. The van der Waals surface area contributed by atoms with Crippen molar-refractivity contribution in [2.45, 2.75) is 64.8 Å². The molecule has 6 heteroatoms. The predicted molar refractivity (Wildman–Crippen MR) is 90.3 cm³/mol. The smallest absolute Gasteiger partial charge is 0.306 e. The lowest BCUT2D eigenvalue weighted by atomic mass is 9.86. The minimum absolute atomic E-state index is 0.0452. The Morgan fingerprint density at radius 2 is 1.83 bits per heavy atom. The quantitative estimate of drug-likeness (QED) is 0.803. The van der Waals surface area contributed by atoms with Crippen LogP contribution in [-0.4, -0.2) is 46.9 Å². The molecule has 2 aliphatic rings. The van der Waals surface area contributed by atoms with Crippen LogP contribution in [0.3, 0.4) is 0 Å². The second-order valence-electron chi connectivity index (χ2n) is 7.49. The molecule has 2 amide bonds. The number of carbonyl (C=O) groups excluding carboxylic acids is 2. The third kappa shape index (κ3) is 4.95. The minimum atomic E-state index is -0.788. The Balaban J connectivity index is 1.79. The van der Waals surface area contributed by atoms with E-state index in [0.29, 0.717) is 31.8 Å². The molecule has 0 aromatic heterocycles. The molecule has 3 unspecified atom stereocenters. The van der Waals surface area contributed by atoms with Crippen molar-refractivity contribution < 1.29 is 19.5 Å². The molecule has 1 aliphatic carbocycles. The molecular formula is C18H30N2O4. The lowest BCUT2D eigenvalue weighted by Gasteiger charge is -2.36. The molecule has 1 heterocycles. The zero-order valence-electron chi connectivity index (χ0n) is 14.8. The van der Waals surface area contributed by atoms with Crippen LogP contribution < -0.4 is 5.32 Å². The maximum absolute atomic E-state index is 12.5. The van der Waals surface area contributed by atoms with Crippen LogP contribution in [0.25, 0.3) is 0 Å². The van der Waals surface area contributed by atoms with Gasteiger partial charge in [-0.2, -0.15) is 0 Å². The molecule has 2 N–H and O–H groups in total. The average Bonchev–Trinajstić information content (AvgIpc) is 2.54. The summed E-state index contributed by atoms with van der Waals surface area (Å²) in [4.78, 5) is 37.5. The first-order valence-electron chi connectivity index (χ1n) is 9.19. The van der Waals surface area contributed by atoms with Crippen molar-refractivity contribution >= 4 is 17.8 Å². The Kier molecular flexibility index (Phi) is 6.63. The summed E-state index contributed by atoms with van der Waals surface area (Å²) in [6.45, 7) is 4.47. The lowest BCUT2D eigenvalue weighted by molar-refractivity contribution is -0.149. The van der Waals surface area contributed by atoms with Gasteiger partial charge in [0.1, 0.15) is 6.04 Å². The lowest BCUT2D eigenvalue weighted by Crippen LogP contribution is -2.52. The predicted octanol–water partition coefficient (Wildman–Crippen LogP) is 2.03. The molecule has 3 atom stereocenters. The topological polar surface area (TPSA) is 86.7 Å². The van der Waals surface area contributed by atoms with Crippen molar-refractivity contribution in [1.82, 2.24) is 10.2 Å². The number of carboxylic acids is 1. The molecule has 1 saturated carbocycles. The maximum Gasteiger partial charge on any atom is 0.306 e. The van der Waals surface area contributed by atoms with Gasteiger partial charge in [-0.25, -0.2) is 0 Å². The molecule has 0 spiro atoms. The molecule has 0 radical (unpaired) electrons. The maximum atomic E-state index is 12.5. The van der Waals surface area contributed by atoms with Gasteiger partial charge in [-0.15, -0.1) is 0 Å². The highest BCUT2D eigenvalue weighted by Gasteiger charge is 2.34. The Morgan fingerprint density at radius 3 is 2.42 bits per heavy atom. The molecule has 1 aliphatic heterocycles. The van der Waals surface area contributed by atoms with E-state index in [1.807, 2.05) is 6.92 Å². The number of hydrogen-bond donors (Lipinski definition) is 2. The number of carboxylic acid groups (broad SMARTS) is 1. The van der Waals surface area contributed by atoms with Crippen LogP contribution in [0.2, 0.25) is 0 Å². The number of piperidine rings is 1. The Labute approximate surface area is 144 Å². The van der Waals surface area contributed by atoms with Crippen LogP contribution in [0.15, 0.2) is 0 Å². The summed E-state index contributed by atoms with van der Waals surface area (Å²) >= 11 is 0. The molecule has 2 fully saturated rings. The number of rotatable bonds is 5. The van der Waals surface area contributed by atoms with Crippen molar-refractivity contribution in [2.24, 2.45) is 17.8 Å². The largest absolute Gasteiger partial charge is 0.481 e. The second kappa shape index (κ2) is 8.49. The minimum Gasteiger partial charge on any atom is -0.481 e. The van der Waals surface area contributed by atoms with Gasteiger partial charge in [0.15, 0.2) is 0 Å². The summed E-state index contributed by atoms with van der Waals surface area (Å²) in [5, 5.41) is 12.0. The van der Waals surface area contributed by atoms with Gasteiger partial charge in [0.2, 0.25) is 11.8 Å². The normalized spacial score (nSPS) is 26.7. The van der Waals surface area contributed by atoms with Crippen LogP contribution in [0.4, 0.5) is 0 Å². The fourth-order valence-electron chi connectivity index (χ4n) is 4.00. The van der Waals surface area contributed by atoms with E-state index in [1.54, 1.807) is 11.8 Å². The number of nitrogens with one attached hydrogen (secondary N) is 1. The van der Waals surface area contributed by atoms with Gasteiger partial charge in [-0.3, -0.25) is 14.4 Å². The van der Waals surface area contributed by atoms with Crippen molar-refractivity contribution in [3.8, 4) is 0 Å². The molecule has 0 aromatic carbocycles. The molecule has 2 rings (SSSR count). The highest BCUT2D eigenvalue weighted by Crippen LogP contribution is 2.26. The summed E-state index contributed by atoms with van der Waals surface area (Å²) in [7, 11) is 0. The molecule has 136 valence electrons. The van der Waals surface area contributed by atoms with Gasteiger partial charge >= 0.3 is 5.97 Å². The molecule has 0 aromatic rings. The third-order valence-electron chi connectivity index (χ3n) is 5.48. The number of hydrogen-bond acceptors (Lipinski definition) is 3. The molecule has 6 nitrogen and oxygen atoms in total. The monoisotopic (exact) mass is 338 g/mol. The highest BCUT2D eigenvalue weighted by atomic mass is 16.4. The van der Waals surface area contributed by atoms with E-state index in [0.717, 1.165) is 12.8 Å². The Bertz CT molecular complexity index is 474. The first kappa shape index (κ1) is 18.7. The number of amides is 2. The van der Waals surface area contributed by atoms with E-state index in [4.69, 9.17) is 5.11 Å².